The van der Waals surface area contributed by atoms with E-state index in [1.54, 1.807) is 6.08 Å². The highest BCUT2D eigenvalue weighted by atomic mass is 31.2. The molecule has 0 aromatic heterocycles. The number of unbranched alkanes of at least 4 members (excludes halogenated alkanes) is 32. The first-order chi connectivity index (χ1) is 39.5. The number of rotatable bonds is 61. The number of nitrogens with zero attached hydrogens (tertiary/aromatic N) is 1. The quantitative estimate of drug-likeness (QED) is 0.0272. The van der Waals surface area contributed by atoms with E-state index in [-0.39, 0.29) is 19.1 Å². The molecule has 1 amide bonds. The number of hydrogen-bond donors (Lipinski definition) is 2. The maximum absolute atomic E-state index is 13.0. The van der Waals surface area contributed by atoms with E-state index in [1.807, 2.05) is 27.2 Å². The molecule has 0 rings (SSSR count). The maximum atomic E-state index is 13.0. The topological polar surface area (TPSA) is 108 Å². The van der Waals surface area contributed by atoms with Crippen LogP contribution in [0.15, 0.2) is 109 Å². The second kappa shape index (κ2) is 61.7. The molecule has 0 aromatic rings. The van der Waals surface area contributed by atoms with Crippen molar-refractivity contribution in [2.75, 3.05) is 40.9 Å². The van der Waals surface area contributed by atoms with Gasteiger partial charge in [-0.3, -0.25) is 9.36 Å². The van der Waals surface area contributed by atoms with Crippen molar-refractivity contribution in [1.82, 2.24) is 5.32 Å². The number of likely N-dealkylation sites (N-methyl/N-ethyl adjacent to an activating group) is 1. The molecule has 0 radical (unpaired) electrons. The van der Waals surface area contributed by atoms with Crippen LogP contribution in [0, 0.1) is 0 Å². The van der Waals surface area contributed by atoms with Crippen LogP contribution < -0.4 is 10.2 Å². The Balaban J connectivity index is 4.02. The number of aliphatic hydroxyl groups is 1. The highest BCUT2D eigenvalue weighted by Crippen LogP contribution is 2.38. The number of phosphoric ester groups is 1. The molecule has 81 heavy (non-hydrogen) atoms. The SMILES string of the molecule is CC/C=C\C/C=C\C/C=C\C/C=C\C/C=C\C/C=C\C/C=C\C/C=C\CCCCCCCCCCCCCCCCCCC(=O)NC(COP(=O)([O-])OCC[N+](C)(C)C)C(O)/C=C/CCCCCCCCCCCCCCCCCC. The van der Waals surface area contributed by atoms with E-state index in [1.165, 1.54) is 180 Å². The summed E-state index contributed by atoms with van der Waals surface area (Å²) in [6.07, 6.45) is 90.5. The molecule has 0 heterocycles. The number of phosphoric acid groups is 1. The highest BCUT2D eigenvalue weighted by molar-refractivity contribution is 7.45. The van der Waals surface area contributed by atoms with Gasteiger partial charge < -0.3 is 28.8 Å². The second-order valence-corrected chi connectivity index (χ2v) is 25.2. The van der Waals surface area contributed by atoms with Crippen LogP contribution in [0.5, 0.6) is 0 Å². The first kappa shape index (κ1) is 78.2. The summed E-state index contributed by atoms with van der Waals surface area (Å²) < 4.78 is 23.4. The van der Waals surface area contributed by atoms with Crippen molar-refractivity contribution in [1.29, 1.82) is 0 Å². The summed E-state index contributed by atoms with van der Waals surface area (Å²) in [5, 5.41) is 13.9. The molecule has 8 nitrogen and oxygen atoms in total. The number of amides is 1. The number of nitrogens with one attached hydrogen (secondary N) is 1. The van der Waals surface area contributed by atoms with Gasteiger partial charge >= 0.3 is 0 Å². The predicted molar refractivity (Wildman–Crippen MR) is 352 cm³/mol. The monoisotopic (exact) mass is 1150 g/mol. The predicted octanol–water partition coefficient (Wildman–Crippen LogP) is 20.9. The zero-order chi connectivity index (χ0) is 59.1. The molecule has 0 saturated carbocycles. The van der Waals surface area contributed by atoms with E-state index in [4.69, 9.17) is 9.05 Å². The van der Waals surface area contributed by atoms with Crippen LogP contribution in [0.4, 0.5) is 0 Å². The van der Waals surface area contributed by atoms with Crippen LogP contribution in [0.25, 0.3) is 0 Å². The molecular weight excluding hydrogens is 1020 g/mol. The summed E-state index contributed by atoms with van der Waals surface area (Å²) in [5.41, 5.74) is 0. The van der Waals surface area contributed by atoms with Crippen LogP contribution in [0.2, 0.25) is 0 Å². The van der Waals surface area contributed by atoms with E-state index >= 15 is 0 Å². The average molecular weight is 1150 g/mol. The lowest BCUT2D eigenvalue weighted by atomic mass is 10.0. The molecule has 0 saturated heterocycles. The van der Waals surface area contributed by atoms with Gasteiger partial charge in [0.2, 0.25) is 5.91 Å². The second-order valence-electron chi connectivity index (χ2n) is 23.8. The summed E-state index contributed by atoms with van der Waals surface area (Å²) in [7, 11) is 1.26. The van der Waals surface area contributed by atoms with E-state index in [0.717, 1.165) is 89.9 Å². The molecule has 2 N–H and O–H groups in total. The third-order valence-corrected chi connectivity index (χ3v) is 15.7. The minimum Gasteiger partial charge on any atom is -0.756 e. The highest BCUT2D eigenvalue weighted by Gasteiger charge is 2.23. The Morgan fingerprint density at radius 2 is 0.753 bits per heavy atom. The minimum atomic E-state index is -4.60. The summed E-state index contributed by atoms with van der Waals surface area (Å²) in [5.74, 6) is -0.197. The van der Waals surface area contributed by atoms with Gasteiger partial charge in [-0.05, 0) is 83.5 Å². The van der Waals surface area contributed by atoms with Crippen LogP contribution in [-0.2, 0) is 18.4 Å². The molecule has 0 aromatic carbocycles. The molecule has 468 valence electrons. The largest absolute Gasteiger partial charge is 0.756 e. The van der Waals surface area contributed by atoms with Gasteiger partial charge in [-0.25, -0.2) is 0 Å². The van der Waals surface area contributed by atoms with Crippen molar-refractivity contribution in [2.24, 2.45) is 0 Å². The van der Waals surface area contributed by atoms with Crippen molar-refractivity contribution in [3.63, 3.8) is 0 Å². The van der Waals surface area contributed by atoms with Crippen LogP contribution in [0.3, 0.4) is 0 Å². The van der Waals surface area contributed by atoms with Crippen molar-refractivity contribution >= 4 is 13.7 Å². The Morgan fingerprint density at radius 3 is 1.10 bits per heavy atom. The van der Waals surface area contributed by atoms with Gasteiger partial charge in [0.1, 0.15) is 13.2 Å². The third-order valence-electron chi connectivity index (χ3n) is 14.7. The fourth-order valence-corrected chi connectivity index (χ4v) is 10.2. The zero-order valence-electron chi connectivity index (χ0n) is 53.5. The fraction of sp³-hybridized carbons (Fsp3) is 0.736. The number of allylic oxidation sites excluding steroid dienone is 17. The molecule has 0 aliphatic rings. The van der Waals surface area contributed by atoms with Gasteiger partial charge in [-0.2, -0.15) is 0 Å². The number of aliphatic hydroxyl groups excluding tert-OH is 1. The van der Waals surface area contributed by atoms with Crippen LogP contribution in [0.1, 0.15) is 290 Å². The van der Waals surface area contributed by atoms with Gasteiger partial charge in [0.05, 0.1) is 39.9 Å². The number of carbonyl (C=O) groups is 1. The molecule has 0 bridgehead atoms. The third kappa shape index (κ3) is 64.6. The molecular formula is C72H129N2O6P. The Hall–Kier alpha value is -2.84. The molecule has 0 aliphatic carbocycles. The number of quaternary nitrogens is 1. The Kier molecular flexibility index (Phi) is 59.5. The molecule has 3 atom stereocenters. The first-order valence-corrected chi connectivity index (χ1v) is 35.2. The van der Waals surface area contributed by atoms with Crippen molar-refractivity contribution in [2.45, 2.75) is 302 Å². The molecule has 9 heteroatoms. The summed E-state index contributed by atoms with van der Waals surface area (Å²) >= 11 is 0. The lowest BCUT2D eigenvalue weighted by molar-refractivity contribution is -0.870. The molecule has 3 unspecified atom stereocenters. The van der Waals surface area contributed by atoms with Gasteiger partial charge in [0, 0.05) is 6.42 Å². The summed E-state index contributed by atoms with van der Waals surface area (Å²) in [4.78, 5) is 25.6. The zero-order valence-corrected chi connectivity index (χ0v) is 54.4. The van der Waals surface area contributed by atoms with Gasteiger partial charge in [0.15, 0.2) is 0 Å². The van der Waals surface area contributed by atoms with Crippen LogP contribution in [-0.4, -0.2) is 68.5 Å². The van der Waals surface area contributed by atoms with Crippen molar-refractivity contribution < 1.29 is 32.9 Å². The molecule has 0 spiro atoms. The number of carbonyl (C=O) groups excluding carboxylic acids is 1. The smallest absolute Gasteiger partial charge is 0.268 e. The van der Waals surface area contributed by atoms with Crippen molar-refractivity contribution in [3.8, 4) is 0 Å². The maximum Gasteiger partial charge on any atom is 0.268 e. The Labute approximate surface area is 501 Å². The van der Waals surface area contributed by atoms with Crippen LogP contribution >= 0.6 is 7.82 Å². The minimum absolute atomic E-state index is 0.00329. The lowest BCUT2D eigenvalue weighted by Crippen LogP contribution is -2.45. The summed E-state index contributed by atoms with van der Waals surface area (Å²) in [6.45, 7) is 4.55. The summed E-state index contributed by atoms with van der Waals surface area (Å²) in [6, 6.07) is -0.891. The van der Waals surface area contributed by atoms with Gasteiger partial charge in [-0.1, -0.05) is 309 Å². The van der Waals surface area contributed by atoms with E-state index in [9.17, 15) is 19.4 Å². The van der Waals surface area contributed by atoms with E-state index in [0.29, 0.717) is 17.4 Å². The Bertz CT molecular complexity index is 1690. The van der Waals surface area contributed by atoms with Gasteiger partial charge in [0.25, 0.3) is 7.82 Å². The first-order valence-electron chi connectivity index (χ1n) is 33.7. The molecule has 0 fully saturated rings. The molecule has 0 aliphatic heterocycles. The van der Waals surface area contributed by atoms with E-state index in [2.05, 4.69) is 116 Å². The van der Waals surface area contributed by atoms with Crippen molar-refractivity contribution in [3.05, 3.63) is 109 Å². The standard InChI is InChI=1S/C72H129N2O6P/c1-6-8-10-12-14-16-18-20-22-24-26-27-28-29-30-31-32-33-34-35-36-37-38-39-40-41-42-43-44-45-46-47-48-50-52-54-56-58-60-62-64-66-72(76)73-70(69-80-81(77,78)79-68-67-74(3,4)5)71(75)65-63-61-59-57-55-53-51-49-25-23-21-19-17-15-13-11-9-7-2/h8,10,14,16,20,22,26-27,29-30,32-33,35-36,38-39,63,65,70-71,75H,6-7,9,11-13,15,17-19,21,23-25,28,31,34,37,40-62,64,66-69H2,1-5H3,(H-,73,76,77,78)/b10-8-,16-14-,22-20-,27-26-,30-29-,33-32-,36-35-,39-38-,65-63+. The fourth-order valence-electron chi connectivity index (χ4n) is 9.52. The van der Waals surface area contributed by atoms with Gasteiger partial charge in [-0.15, -0.1) is 0 Å². The lowest BCUT2D eigenvalue weighted by Gasteiger charge is -2.29. The number of hydrogen-bond acceptors (Lipinski definition) is 6. The Morgan fingerprint density at radius 1 is 0.444 bits per heavy atom. The average Bonchev–Trinajstić information content (AvgIpc) is 3.43. The van der Waals surface area contributed by atoms with E-state index < -0.39 is 20.0 Å². The normalized spacial score (nSPS) is 14.4.